The van der Waals surface area contributed by atoms with Gasteiger partial charge in [-0.15, -0.1) is 0 Å². The van der Waals surface area contributed by atoms with Crippen molar-refractivity contribution in [2.24, 2.45) is 0 Å². The molecule has 2 fully saturated rings. The van der Waals surface area contributed by atoms with E-state index in [9.17, 15) is 5.11 Å². The van der Waals surface area contributed by atoms with Gasteiger partial charge in [0, 0.05) is 37.6 Å². The molecule has 1 N–H and O–H groups in total. The van der Waals surface area contributed by atoms with Gasteiger partial charge in [-0.1, -0.05) is 12.1 Å². The fraction of sp³-hybridized carbons (Fsp3) is 0.550. The zero-order valence-electron chi connectivity index (χ0n) is 14.8. The van der Waals surface area contributed by atoms with Crippen LogP contribution in [0.4, 0.5) is 0 Å². The van der Waals surface area contributed by atoms with E-state index in [1.54, 1.807) is 6.20 Å². The highest BCUT2D eigenvalue weighted by atomic mass is 16.3. The van der Waals surface area contributed by atoms with Gasteiger partial charge in [0.05, 0.1) is 12.3 Å². The maximum absolute atomic E-state index is 9.55. The summed E-state index contributed by atoms with van der Waals surface area (Å²) >= 11 is 0. The summed E-state index contributed by atoms with van der Waals surface area (Å²) in [7, 11) is 0. The maximum Gasteiger partial charge on any atom is 0.0645 e. The van der Waals surface area contributed by atoms with Crippen molar-refractivity contribution in [3.05, 3.63) is 48.3 Å². The van der Waals surface area contributed by atoms with Crippen LogP contribution in [-0.2, 0) is 6.54 Å². The molecule has 2 saturated heterocycles. The number of nitrogens with zero attached hydrogens (tertiary/aromatic N) is 4. The maximum atomic E-state index is 9.55. The van der Waals surface area contributed by atoms with Crippen molar-refractivity contribution in [2.45, 2.75) is 44.3 Å². The van der Waals surface area contributed by atoms with E-state index in [2.05, 4.69) is 39.2 Å². The molecule has 0 radical (unpaired) electrons. The fourth-order valence-corrected chi connectivity index (χ4v) is 4.33. The number of hydrogen-bond acceptors (Lipinski definition) is 4. The fourth-order valence-electron chi connectivity index (χ4n) is 4.33. The number of aliphatic hydroxyl groups is 1. The van der Waals surface area contributed by atoms with Gasteiger partial charge in [-0.3, -0.25) is 9.80 Å². The van der Waals surface area contributed by atoms with E-state index in [0.29, 0.717) is 18.7 Å². The first-order valence-electron chi connectivity index (χ1n) is 9.51. The van der Waals surface area contributed by atoms with E-state index < -0.39 is 0 Å². The van der Waals surface area contributed by atoms with E-state index in [0.717, 1.165) is 31.7 Å². The Morgan fingerprint density at radius 3 is 2.48 bits per heavy atom. The zero-order valence-corrected chi connectivity index (χ0v) is 14.8. The third-order valence-corrected chi connectivity index (χ3v) is 5.75. The molecule has 2 aromatic rings. The Hall–Kier alpha value is -1.69. The third kappa shape index (κ3) is 3.78. The highest BCUT2D eigenvalue weighted by Gasteiger charge is 2.31. The van der Waals surface area contributed by atoms with Gasteiger partial charge in [0.1, 0.15) is 0 Å². The minimum atomic E-state index is 0.307. The first-order valence-corrected chi connectivity index (χ1v) is 9.51. The van der Waals surface area contributed by atoms with E-state index in [1.165, 1.54) is 31.4 Å². The van der Waals surface area contributed by atoms with Crippen LogP contribution in [0.5, 0.6) is 0 Å². The van der Waals surface area contributed by atoms with Gasteiger partial charge in [-0.25, -0.2) is 4.68 Å². The Labute approximate surface area is 149 Å². The Morgan fingerprint density at radius 2 is 1.76 bits per heavy atom. The second-order valence-electron chi connectivity index (χ2n) is 7.36. The average molecular weight is 340 g/mol. The van der Waals surface area contributed by atoms with E-state index in [1.807, 2.05) is 16.9 Å². The summed E-state index contributed by atoms with van der Waals surface area (Å²) < 4.78 is 1.89. The van der Waals surface area contributed by atoms with Crippen LogP contribution in [0.1, 0.15) is 31.2 Å². The molecule has 1 aromatic heterocycles. The SMILES string of the molecule is OCC1CCCN1CC1CCCN1Cc1ccc(-n2cccn2)cc1. The Morgan fingerprint density at radius 1 is 1.00 bits per heavy atom. The molecule has 0 bridgehead atoms. The number of aromatic nitrogens is 2. The van der Waals surface area contributed by atoms with Crippen molar-refractivity contribution in [1.29, 1.82) is 0 Å². The molecule has 134 valence electrons. The molecule has 1 aromatic carbocycles. The van der Waals surface area contributed by atoms with Crippen LogP contribution in [-0.4, -0.2) is 63.0 Å². The highest BCUT2D eigenvalue weighted by molar-refractivity contribution is 5.33. The molecular weight excluding hydrogens is 312 g/mol. The summed E-state index contributed by atoms with van der Waals surface area (Å²) in [5.41, 5.74) is 2.47. The molecule has 0 saturated carbocycles. The van der Waals surface area contributed by atoms with Gasteiger partial charge >= 0.3 is 0 Å². The molecule has 25 heavy (non-hydrogen) atoms. The van der Waals surface area contributed by atoms with Crippen LogP contribution in [0, 0.1) is 0 Å². The van der Waals surface area contributed by atoms with Gasteiger partial charge < -0.3 is 5.11 Å². The van der Waals surface area contributed by atoms with E-state index in [-0.39, 0.29) is 0 Å². The van der Waals surface area contributed by atoms with Gasteiger partial charge in [-0.2, -0.15) is 5.10 Å². The predicted molar refractivity (Wildman–Crippen MR) is 98.7 cm³/mol. The molecule has 2 aliphatic heterocycles. The molecular formula is C20H28N4O. The lowest BCUT2D eigenvalue weighted by atomic mass is 10.1. The van der Waals surface area contributed by atoms with Crippen molar-refractivity contribution >= 4 is 0 Å². The van der Waals surface area contributed by atoms with Crippen molar-refractivity contribution in [3.8, 4) is 5.69 Å². The first-order chi connectivity index (χ1) is 12.3. The minimum Gasteiger partial charge on any atom is -0.395 e. The summed E-state index contributed by atoms with van der Waals surface area (Å²) in [6, 6.07) is 11.7. The van der Waals surface area contributed by atoms with Crippen LogP contribution in [0.2, 0.25) is 0 Å². The third-order valence-electron chi connectivity index (χ3n) is 5.75. The van der Waals surface area contributed by atoms with Crippen molar-refractivity contribution < 1.29 is 5.11 Å². The Kier molecular flexibility index (Phi) is 5.15. The summed E-state index contributed by atoms with van der Waals surface area (Å²) in [6.45, 7) is 4.76. The molecule has 2 aliphatic rings. The molecule has 0 spiro atoms. The van der Waals surface area contributed by atoms with Gasteiger partial charge in [0.25, 0.3) is 0 Å². The monoisotopic (exact) mass is 340 g/mol. The average Bonchev–Trinajstić information content (AvgIpc) is 3.38. The second-order valence-corrected chi connectivity index (χ2v) is 7.36. The molecule has 0 aliphatic carbocycles. The number of hydrogen-bond donors (Lipinski definition) is 1. The summed E-state index contributed by atoms with van der Waals surface area (Å²) in [5, 5.41) is 13.8. The molecule has 3 heterocycles. The lowest BCUT2D eigenvalue weighted by Gasteiger charge is -2.31. The van der Waals surface area contributed by atoms with Crippen molar-refractivity contribution in [2.75, 3.05) is 26.2 Å². The number of benzene rings is 1. The van der Waals surface area contributed by atoms with Crippen LogP contribution in [0.3, 0.4) is 0 Å². The molecule has 5 heteroatoms. The first kappa shape index (κ1) is 16.8. The van der Waals surface area contributed by atoms with Gasteiger partial charge in [0.15, 0.2) is 0 Å². The van der Waals surface area contributed by atoms with Crippen LogP contribution in [0.25, 0.3) is 5.69 Å². The summed E-state index contributed by atoms with van der Waals surface area (Å²) in [4.78, 5) is 5.12. The van der Waals surface area contributed by atoms with Crippen molar-refractivity contribution in [1.82, 2.24) is 19.6 Å². The molecule has 2 atom stereocenters. The topological polar surface area (TPSA) is 44.5 Å². The predicted octanol–water partition coefficient (Wildman–Crippen LogP) is 2.29. The Bertz CT molecular complexity index is 655. The zero-order chi connectivity index (χ0) is 17.1. The minimum absolute atomic E-state index is 0.307. The van der Waals surface area contributed by atoms with Gasteiger partial charge in [-0.05, 0) is 62.5 Å². The van der Waals surface area contributed by atoms with Crippen molar-refractivity contribution in [3.63, 3.8) is 0 Å². The smallest absolute Gasteiger partial charge is 0.0645 e. The molecule has 4 rings (SSSR count). The molecule has 2 unspecified atom stereocenters. The van der Waals surface area contributed by atoms with E-state index >= 15 is 0 Å². The molecule has 5 nitrogen and oxygen atoms in total. The highest BCUT2D eigenvalue weighted by Crippen LogP contribution is 2.25. The quantitative estimate of drug-likeness (QED) is 0.876. The largest absolute Gasteiger partial charge is 0.395 e. The van der Waals surface area contributed by atoms with Crippen LogP contribution in [0.15, 0.2) is 42.7 Å². The van der Waals surface area contributed by atoms with Crippen LogP contribution < -0.4 is 0 Å². The molecule has 0 amide bonds. The second kappa shape index (κ2) is 7.68. The Balaban J connectivity index is 1.38. The lowest BCUT2D eigenvalue weighted by Crippen LogP contribution is -2.43. The summed E-state index contributed by atoms with van der Waals surface area (Å²) in [6.07, 6.45) is 8.72. The summed E-state index contributed by atoms with van der Waals surface area (Å²) in [5.74, 6) is 0. The standard InChI is InChI=1S/C20H28N4O/c25-16-20-5-2-12-23(20)15-19-4-1-11-22(19)14-17-6-8-18(9-7-17)24-13-3-10-21-24/h3,6-10,13,19-20,25H,1-2,4-5,11-12,14-16H2. The number of likely N-dealkylation sites (tertiary alicyclic amines) is 2. The van der Waals surface area contributed by atoms with Crippen LogP contribution >= 0.6 is 0 Å². The van der Waals surface area contributed by atoms with E-state index in [4.69, 9.17) is 0 Å². The number of rotatable bonds is 6. The normalized spacial score (nSPS) is 25.0. The van der Waals surface area contributed by atoms with Gasteiger partial charge in [0.2, 0.25) is 0 Å². The number of aliphatic hydroxyl groups excluding tert-OH is 1. The lowest BCUT2D eigenvalue weighted by molar-refractivity contribution is 0.120.